The second kappa shape index (κ2) is 8.13. The second-order valence-corrected chi connectivity index (χ2v) is 9.66. The van der Waals surface area contributed by atoms with E-state index in [0.29, 0.717) is 5.69 Å². The van der Waals surface area contributed by atoms with Crippen LogP contribution in [0.3, 0.4) is 0 Å². The number of phenols is 1. The zero-order valence-corrected chi connectivity index (χ0v) is 20.4. The van der Waals surface area contributed by atoms with E-state index in [0.717, 1.165) is 0 Å². The number of epoxide rings is 1. The van der Waals surface area contributed by atoms with Crippen molar-refractivity contribution in [1.82, 2.24) is 5.32 Å². The molecule has 2 aliphatic heterocycles. The van der Waals surface area contributed by atoms with E-state index in [2.05, 4.69) is 33.5 Å². The number of aliphatic hydroxyl groups is 2. The van der Waals surface area contributed by atoms with E-state index < -0.39 is 46.8 Å². The molecule has 192 valence electrons. The van der Waals surface area contributed by atoms with Crippen LogP contribution >= 0.6 is 0 Å². The van der Waals surface area contributed by atoms with E-state index in [1.54, 1.807) is 13.1 Å². The first kappa shape index (κ1) is 24.1. The Bertz CT molecular complexity index is 1590. The van der Waals surface area contributed by atoms with Gasteiger partial charge < -0.3 is 36.0 Å². The number of anilines is 2. The van der Waals surface area contributed by atoms with Gasteiger partial charge in [0.25, 0.3) is 0 Å². The van der Waals surface area contributed by atoms with E-state index >= 15 is 0 Å². The standard InChI is InChI=1S/C28H23N3O7/c1-13(32)27-19-6-4-3-5-7-20(34)28(27,38-27)17-11-18(33)22-23(24(17)31-19)25(36)15-9-8-14(10-16(15)26(22)37)30-21(35)12-29-2/h3,6,8-11,13,19-20,29,31-34H,12H2,1-2H3,(H,30,35)/t4?,13-,19+,20-,27+,28+/m1/s1. The first-order valence-corrected chi connectivity index (χ1v) is 12.0. The lowest BCUT2D eigenvalue weighted by molar-refractivity contribution is -0.115. The molecule has 6 rings (SSSR count). The van der Waals surface area contributed by atoms with Gasteiger partial charge in [-0.1, -0.05) is 11.8 Å². The van der Waals surface area contributed by atoms with E-state index in [-0.39, 0.29) is 46.0 Å². The SMILES string of the molecule is CNCC(=O)Nc1ccc2c(c1)C(=O)c1c(O)cc3c(c1C2=O)N[C@H]1C=C=CC#C[C@@H](O)[C@@]32O[C@@]12[C@@H](C)O. The average Bonchev–Trinajstić information content (AvgIpc) is 3.60. The number of ketones is 2. The van der Waals surface area contributed by atoms with Gasteiger partial charge in [-0.2, -0.15) is 0 Å². The fourth-order valence-electron chi connectivity index (χ4n) is 5.92. The molecule has 1 amide bonds. The van der Waals surface area contributed by atoms with Crippen LogP contribution in [0.5, 0.6) is 5.75 Å². The highest BCUT2D eigenvalue weighted by molar-refractivity contribution is 6.31. The molecule has 0 aromatic heterocycles. The Morgan fingerprint density at radius 1 is 1.21 bits per heavy atom. The van der Waals surface area contributed by atoms with Crippen LogP contribution in [0, 0.1) is 11.8 Å². The number of aromatic hydroxyl groups is 1. The number of fused-ring (bicyclic) bond motifs is 4. The topological polar surface area (TPSA) is 161 Å². The monoisotopic (exact) mass is 513 g/mol. The van der Waals surface area contributed by atoms with Crippen molar-refractivity contribution in [3.8, 4) is 17.6 Å². The molecule has 0 unspecified atom stereocenters. The number of phenolic OH excluding ortho intramolecular Hbond substituents is 1. The summed E-state index contributed by atoms with van der Waals surface area (Å²) in [7, 11) is 1.62. The second-order valence-electron chi connectivity index (χ2n) is 9.66. The molecule has 2 aromatic carbocycles. The van der Waals surface area contributed by atoms with Gasteiger partial charge in [-0.05, 0) is 44.3 Å². The molecule has 0 saturated carbocycles. The largest absolute Gasteiger partial charge is 0.507 e. The number of nitrogens with one attached hydrogen (secondary N) is 3. The van der Waals surface area contributed by atoms with Crippen LogP contribution in [0.4, 0.5) is 11.4 Å². The van der Waals surface area contributed by atoms with Crippen LogP contribution in [0.2, 0.25) is 0 Å². The number of benzene rings is 2. The average molecular weight is 514 g/mol. The van der Waals surface area contributed by atoms with Gasteiger partial charge in [0.05, 0.1) is 35.5 Å². The highest BCUT2D eigenvalue weighted by Crippen LogP contribution is 2.67. The molecule has 4 aliphatic rings. The Morgan fingerprint density at radius 3 is 2.71 bits per heavy atom. The predicted molar refractivity (Wildman–Crippen MR) is 135 cm³/mol. The predicted octanol–water partition coefficient (Wildman–Crippen LogP) is 0.554. The van der Waals surface area contributed by atoms with Crippen LogP contribution < -0.4 is 16.0 Å². The van der Waals surface area contributed by atoms with Crippen LogP contribution in [-0.2, 0) is 15.1 Å². The third kappa shape index (κ3) is 2.96. The molecule has 2 heterocycles. The summed E-state index contributed by atoms with van der Waals surface area (Å²) in [5, 5.41) is 41.6. The third-order valence-corrected chi connectivity index (χ3v) is 7.57. The molecule has 2 aromatic rings. The minimum atomic E-state index is -1.58. The number of hydrogen-bond acceptors (Lipinski definition) is 9. The Hall–Kier alpha value is -4.23. The Balaban J connectivity index is 1.54. The Kier molecular flexibility index (Phi) is 5.16. The summed E-state index contributed by atoms with van der Waals surface area (Å²) in [6.45, 7) is 1.58. The van der Waals surface area contributed by atoms with Crippen molar-refractivity contribution in [3.63, 3.8) is 0 Å². The summed E-state index contributed by atoms with van der Waals surface area (Å²) in [5.74, 6) is 3.43. The van der Waals surface area contributed by atoms with Gasteiger partial charge in [0.1, 0.15) is 5.75 Å². The van der Waals surface area contributed by atoms with E-state index in [1.807, 2.05) is 0 Å². The lowest BCUT2D eigenvalue weighted by Crippen LogP contribution is -2.54. The van der Waals surface area contributed by atoms with Crippen molar-refractivity contribution in [2.75, 3.05) is 24.2 Å². The van der Waals surface area contributed by atoms with Crippen LogP contribution in [0.25, 0.3) is 0 Å². The van der Waals surface area contributed by atoms with Gasteiger partial charge in [-0.3, -0.25) is 14.4 Å². The van der Waals surface area contributed by atoms with Gasteiger partial charge >= 0.3 is 0 Å². The zero-order valence-electron chi connectivity index (χ0n) is 20.4. The number of ether oxygens (including phenoxy) is 1. The highest BCUT2D eigenvalue weighted by Gasteiger charge is 2.81. The van der Waals surface area contributed by atoms with E-state index in [4.69, 9.17) is 4.74 Å². The molecule has 0 radical (unpaired) electrons. The number of rotatable bonds is 4. The smallest absolute Gasteiger partial charge is 0.238 e. The number of likely N-dealkylation sites (N-methyl/N-ethyl adjacent to an activating group) is 1. The van der Waals surface area contributed by atoms with Crippen LogP contribution in [0.15, 0.2) is 42.1 Å². The molecule has 2 aliphatic carbocycles. The summed E-state index contributed by atoms with van der Waals surface area (Å²) >= 11 is 0. The first-order valence-electron chi connectivity index (χ1n) is 12.0. The Morgan fingerprint density at radius 2 is 1.97 bits per heavy atom. The lowest BCUT2D eigenvalue weighted by Gasteiger charge is -2.38. The van der Waals surface area contributed by atoms with Gasteiger partial charge in [-0.15, -0.1) is 5.73 Å². The summed E-state index contributed by atoms with van der Waals surface area (Å²) in [6, 6.07) is 4.89. The van der Waals surface area contributed by atoms with Gasteiger partial charge in [0.15, 0.2) is 28.9 Å². The molecule has 6 N–H and O–H groups in total. The molecule has 1 saturated heterocycles. The molecule has 0 spiro atoms. The van der Waals surface area contributed by atoms with Crippen molar-refractivity contribution in [2.24, 2.45) is 0 Å². The zero-order chi connectivity index (χ0) is 27.0. The van der Waals surface area contributed by atoms with E-state index in [9.17, 15) is 29.7 Å². The number of aliphatic hydroxyl groups excluding tert-OH is 2. The fourth-order valence-corrected chi connectivity index (χ4v) is 5.92. The minimum Gasteiger partial charge on any atom is -0.507 e. The number of hydrogen-bond donors (Lipinski definition) is 6. The van der Waals surface area contributed by atoms with Crippen molar-refractivity contribution >= 4 is 28.8 Å². The molecular weight excluding hydrogens is 490 g/mol. The number of amides is 1. The lowest BCUT2D eigenvalue weighted by atomic mass is 9.69. The van der Waals surface area contributed by atoms with Crippen molar-refractivity contribution in [2.45, 2.75) is 36.4 Å². The third-order valence-electron chi connectivity index (χ3n) is 7.57. The number of carbonyl (C=O) groups excluding carboxylic acids is 3. The first-order chi connectivity index (χ1) is 18.2. The molecule has 10 nitrogen and oxygen atoms in total. The van der Waals surface area contributed by atoms with Gasteiger partial charge in [0.2, 0.25) is 5.91 Å². The Labute approximate surface area is 217 Å². The minimum absolute atomic E-state index is 0.0368. The van der Waals surface area contributed by atoms with Crippen LogP contribution in [0.1, 0.15) is 44.3 Å². The molecular formula is C28H23N3O7. The highest BCUT2D eigenvalue weighted by atomic mass is 16.7. The van der Waals surface area contributed by atoms with Gasteiger partial charge in [-0.25, -0.2) is 0 Å². The molecule has 5 atom stereocenters. The molecule has 2 bridgehead atoms. The summed E-state index contributed by atoms with van der Waals surface area (Å²) < 4.78 is 6.14. The molecule has 1 fully saturated rings. The maximum atomic E-state index is 13.9. The van der Waals surface area contributed by atoms with Crippen molar-refractivity contribution in [1.29, 1.82) is 0 Å². The summed E-state index contributed by atoms with van der Waals surface area (Å²) in [4.78, 5) is 39.5. The molecule has 38 heavy (non-hydrogen) atoms. The number of carbonyl (C=O) groups is 3. The summed E-state index contributed by atoms with van der Waals surface area (Å²) in [5.41, 5.74) is 0.557. The maximum Gasteiger partial charge on any atom is 0.238 e. The van der Waals surface area contributed by atoms with Crippen molar-refractivity contribution < 1.29 is 34.4 Å². The maximum absolute atomic E-state index is 13.9. The van der Waals surface area contributed by atoms with Crippen molar-refractivity contribution in [3.05, 3.63) is 70.0 Å². The van der Waals surface area contributed by atoms with Crippen LogP contribution in [-0.4, -0.2) is 70.2 Å². The fraction of sp³-hybridized carbons (Fsp3) is 0.286. The normalized spacial score (nSPS) is 28.1. The van der Waals surface area contributed by atoms with E-state index in [1.165, 1.54) is 37.3 Å². The van der Waals surface area contributed by atoms with Gasteiger partial charge in [0, 0.05) is 28.5 Å². The molecule has 10 heteroatoms. The quantitative estimate of drug-likeness (QED) is 0.127. The summed E-state index contributed by atoms with van der Waals surface area (Å²) in [6.07, 6.45) is 0.501.